The van der Waals surface area contributed by atoms with Crippen LogP contribution in [0.4, 0.5) is 5.69 Å². The summed E-state index contributed by atoms with van der Waals surface area (Å²) in [6, 6.07) is 4.83. The summed E-state index contributed by atoms with van der Waals surface area (Å²) in [6.07, 6.45) is -1.81. The Morgan fingerprint density at radius 1 is 1.21 bits per heavy atom. The predicted octanol–water partition coefficient (Wildman–Crippen LogP) is 0.146. The first-order chi connectivity index (χ1) is 16.0. The van der Waals surface area contributed by atoms with E-state index in [2.05, 4.69) is 20.5 Å². The number of amides is 1. The quantitative estimate of drug-likeness (QED) is 0.431. The van der Waals surface area contributed by atoms with Crippen LogP contribution in [0.25, 0.3) is 0 Å². The zero-order valence-electron chi connectivity index (χ0n) is 18.9. The molecule has 11 heteroatoms. The monoisotopic (exact) mass is 480 g/mol. The molecule has 2 fully saturated rings. The topological polar surface area (TPSA) is 125 Å². The van der Waals surface area contributed by atoms with Gasteiger partial charge in [0.1, 0.15) is 17.6 Å². The van der Waals surface area contributed by atoms with Crippen molar-refractivity contribution in [2.45, 2.75) is 29.9 Å². The van der Waals surface area contributed by atoms with Crippen molar-refractivity contribution in [3.8, 4) is 11.5 Å². The van der Waals surface area contributed by atoms with Gasteiger partial charge in [-0.05, 0) is 6.42 Å². The Hall–Kier alpha value is -2.05. The number of amidine groups is 1. The van der Waals surface area contributed by atoms with Crippen LogP contribution in [-0.2, 0) is 9.53 Å². The Morgan fingerprint density at radius 3 is 2.58 bits per heavy atom. The summed E-state index contributed by atoms with van der Waals surface area (Å²) >= 11 is 1.42. The molecule has 1 aliphatic carbocycles. The number of nitrogens with one attached hydrogen (secondary N) is 2. The highest BCUT2D eigenvalue weighted by molar-refractivity contribution is 8.15. The third-order valence-electron chi connectivity index (χ3n) is 6.26. The molecule has 1 amide bonds. The highest BCUT2D eigenvalue weighted by Crippen LogP contribution is 2.41. The minimum Gasteiger partial charge on any atom is -0.497 e. The normalized spacial score (nSPS) is 29.7. The first-order valence-electron chi connectivity index (χ1n) is 11.2. The lowest BCUT2D eigenvalue weighted by Crippen LogP contribution is -2.54. The van der Waals surface area contributed by atoms with Crippen LogP contribution in [-0.4, -0.2) is 103 Å². The van der Waals surface area contributed by atoms with Crippen molar-refractivity contribution in [3.05, 3.63) is 18.2 Å². The molecule has 3 aliphatic rings. The van der Waals surface area contributed by atoms with Crippen LogP contribution in [0, 0.1) is 5.92 Å². The molecule has 0 spiro atoms. The summed E-state index contributed by atoms with van der Waals surface area (Å²) < 4.78 is 16.0. The number of rotatable bonds is 7. The maximum Gasteiger partial charge on any atom is 0.224 e. The van der Waals surface area contributed by atoms with E-state index in [-0.39, 0.29) is 17.6 Å². The second kappa shape index (κ2) is 10.9. The van der Waals surface area contributed by atoms with Crippen LogP contribution >= 0.6 is 11.8 Å². The fourth-order valence-electron chi connectivity index (χ4n) is 4.40. The van der Waals surface area contributed by atoms with Gasteiger partial charge in [0.2, 0.25) is 5.91 Å². The fraction of sp³-hybridized carbons (Fsp3) is 0.636. The highest BCUT2D eigenvalue weighted by atomic mass is 32.2. The third kappa shape index (κ3) is 5.72. The van der Waals surface area contributed by atoms with Gasteiger partial charge < -0.3 is 35.1 Å². The molecule has 182 valence electrons. The zero-order chi connectivity index (χ0) is 23.4. The largest absolute Gasteiger partial charge is 0.497 e. The predicted molar refractivity (Wildman–Crippen MR) is 126 cm³/mol. The Bertz CT molecular complexity index is 843. The van der Waals surface area contributed by atoms with E-state index < -0.39 is 24.2 Å². The lowest BCUT2D eigenvalue weighted by Gasteiger charge is -2.37. The van der Waals surface area contributed by atoms with Gasteiger partial charge in [0.25, 0.3) is 0 Å². The molecule has 1 saturated carbocycles. The van der Waals surface area contributed by atoms with Gasteiger partial charge in [-0.15, -0.1) is 0 Å². The summed E-state index contributed by atoms with van der Waals surface area (Å²) in [5, 5.41) is 27.5. The van der Waals surface area contributed by atoms with E-state index in [1.807, 2.05) is 12.1 Å². The number of ether oxygens (including phenoxy) is 3. The molecule has 4 rings (SSSR count). The highest BCUT2D eigenvalue weighted by Gasteiger charge is 2.50. The molecule has 1 aromatic carbocycles. The number of aliphatic imine (C=N–C) groups is 1. The van der Waals surface area contributed by atoms with Gasteiger partial charge in [0, 0.05) is 55.3 Å². The summed E-state index contributed by atoms with van der Waals surface area (Å²) in [5.74, 6) is 0.693. The Balaban J connectivity index is 1.40. The van der Waals surface area contributed by atoms with Crippen molar-refractivity contribution in [1.82, 2.24) is 10.2 Å². The van der Waals surface area contributed by atoms with E-state index in [0.29, 0.717) is 36.4 Å². The average Bonchev–Trinajstić information content (AvgIpc) is 3.25. The first kappa shape index (κ1) is 24.1. The molecule has 10 nitrogen and oxygen atoms in total. The van der Waals surface area contributed by atoms with Crippen molar-refractivity contribution in [2.24, 2.45) is 10.9 Å². The number of anilines is 1. The van der Waals surface area contributed by atoms with Gasteiger partial charge in [-0.25, -0.2) is 0 Å². The number of aliphatic hydroxyl groups excluding tert-OH is 2. The van der Waals surface area contributed by atoms with Crippen molar-refractivity contribution >= 4 is 28.5 Å². The van der Waals surface area contributed by atoms with Crippen LogP contribution in [0.2, 0.25) is 0 Å². The van der Waals surface area contributed by atoms with E-state index >= 15 is 0 Å². The summed E-state index contributed by atoms with van der Waals surface area (Å²) in [4.78, 5) is 19.9. The molecule has 33 heavy (non-hydrogen) atoms. The van der Waals surface area contributed by atoms with Crippen molar-refractivity contribution in [1.29, 1.82) is 0 Å². The number of benzene rings is 1. The van der Waals surface area contributed by atoms with Gasteiger partial charge in [-0.3, -0.25) is 14.7 Å². The lowest BCUT2D eigenvalue weighted by atomic mass is 9.81. The molecule has 5 atom stereocenters. The second-order valence-electron chi connectivity index (χ2n) is 8.38. The average molecular weight is 481 g/mol. The van der Waals surface area contributed by atoms with Gasteiger partial charge in [0.15, 0.2) is 5.17 Å². The number of hydrogen-bond acceptors (Lipinski definition) is 10. The van der Waals surface area contributed by atoms with Crippen molar-refractivity contribution in [2.75, 3.05) is 58.9 Å². The first-order valence-corrected chi connectivity index (χ1v) is 12.0. The number of nitrogens with zero attached hydrogens (tertiary/aromatic N) is 2. The molecule has 0 bridgehead atoms. The number of carbonyl (C=O) groups excluding carboxylic acids is 1. The van der Waals surface area contributed by atoms with Gasteiger partial charge in [-0.2, -0.15) is 0 Å². The van der Waals surface area contributed by atoms with E-state index in [0.717, 1.165) is 25.3 Å². The Labute approximate surface area is 197 Å². The number of thioether (sulfide) groups is 1. The number of aliphatic hydroxyl groups is 2. The molecule has 2 aliphatic heterocycles. The maximum atomic E-state index is 13.0. The molecule has 2 heterocycles. The van der Waals surface area contributed by atoms with E-state index in [1.54, 1.807) is 20.3 Å². The van der Waals surface area contributed by atoms with E-state index in [9.17, 15) is 15.0 Å². The Kier molecular flexibility index (Phi) is 7.97. The lowest BCUT2D eigenvalue weighted by molar-refractivity contribution is -0.129. The van der Waals surface area contributed by atoms with Crippen LogP contribution in [0.1, 0.15) is 6.42 Å². The molecule has 0 radical (unpaired) electrons. The van der Waals surface area contributed by atoms with Crippen LogP contribution in [0.3, 0.4) is 0 Å². The van der Waals surface area contributed by atoms with Crippen LogP contribution < -0.4 is 20.1 Å². The number of hydrogen-bond donors (Lipinski definition) is 4. The number of morpholine rings is 1. The number of methoxy groups -OCH3 is 2. The standard InChI is InChI=1S/C22H32N4O6S/c1-30-14-9-13(10-15(11-14)31-2)24-22-25-18-19(28)17(27)12-16(20(18)33-22)21(29)23-3-4-26-5-7-32-8-6-26/h9-11,16-20,27-28H,3-8,12H2,1-2H3,(H,23,29)(H,24,25)/t16-,17+,18-,19-,20+/m0/s1. The Morgan fingerprint density at radius 2 is 1.91 bits per heavy atom. The molecule has 0 aromatic heterocycles. The summed E-state index contributed by atoms with van der Waals surface area (Å²) in [6.45, 7) is 4.45. The SMILES string of the molecule is COc1cc(NC2=N[C@H]3[C@@H](O)[C@H](O)C[C@H](C(=O)NCCN4CCOCC4)[C@H]3S2)cc(OC)c1. The molecule has 0 unspecified atom stereocenters. The van der Waals surface area contributed by atoms with Crippen LogP contribution in [0.15, 0.2) is 23.2 Å². The zero-order valence-corrected chi connectivity index (χ0v) is 19.7. The molecule has 4 N–H and O–H groups in total. The van der Waals surface area contributed by atoms with Gasteiger partial charge in [-0.1, -0.05) is 11.8 Å². The summed E-state index contributed by atoms with van der Waals surface area (Å²) in [5.41, 5.74) is 0.720. The molecular formula is C22H32N4O6S. The second-order valence-corrected chi connectivity index (χ2v) is 9.55. The van der Waals surface area contributed by atoms with Crippen molar-refractivity contribution < 1.29 is 29.2 Å². The number of fused-ring (bicyclic) bond motifs is 1. The van der Waals surface area contributed by atoms with Crippen molar-refractivity contribution in [3.63, 3.8) is 0 Å². The van der Waals surface area contributed by atoms with Crippen LogP contribution in [0.5, 0.6) is 11.5 Å². The third-order valence-corrected chi connectivity index (χ3v) is 7.57. The van der Waals surface area contributed by atoms with E-state index in [1.165, 1.54) is 11.8 Å². The maximum absolute atomic E-state index is 13.0. The van der Waals surface area contributed by atoms with Gasteiger partial charge >= 0.3 is 0 Å². The summed E-state index contributed by atoms with van der Waals surface area (Å²) in [7, 11) is 3.16. The number of carbonyl (C=O) groups is 1. The van der Waals surface area contributed by atoms with Gasteiger partial charge in [0.05, 0.1) is 45.5 Å². The molecule has 1 saturated heterocycles. The van der Waals surface area contributed by atoms with E-state index in [4.69, 9.17) is 14.2 Å². The fourth-order valence-corrected chi connectivity index (χ4v) is 5.78. The molecule has 1 aromatic rings. The minimum absolute atomic E-state index is 0.115. The minimum atomic E-state index is -1.01. The molecular weight excluding hydrogens is 448 g/mol. The smallest absolute Gasteiger partial charge is 0.224 e.